The zero-order chi connectivity index (χ0) is 13.1. The molecule has 0 amide bonds. The van der Waals surface area contributed by atoms with Crippen molar-refractivity contribution in [2.75, 3.05) is 5.32 Å². The van der Waals surface area contributed by atoms with Crippen molar-refractivity contribution in [2.45, 2.75) is 26.2 Å². The molecule has 1 aliphatic rings. The Labute approximate surface area is 117 Å². The molecule has 0 aliphatic heterocycles. The Balaban J connectivity index is 2.12. The van der Waals surface area contributed by atoms with E-state index in [1.54, 1.807) is 24.4 Å². The Morgan fingerprint density at radius 1 is 1.28 bits per heavy atom. The van der Waals surface area contributed by atoms with Gasteiger partial charge in [-0.05, 0) is 37.5 Å². The molecule has 1 saturated carbocycles. The topological polar surface area (TPSA) is 29.1 Å². The van der Waals surface area contributed by atoms with Crippen molar-refractivity contribution in [3.63, 3.8) is 0 Å². The first-order valence-corrected chi connectivity index (χ1v) is 6.78. The van der Waals surface area contributed by atoms with Gasteiger partial charge in [0.05, 0.1) is 0 Å². The average molecular weight is 284 g/mol. The second-order valence-electron chi connectivity index (χ2n) is 4.63. The summed E-state index contributed by atoms with van der Waals surface area (Å²) >= 11 is 11.8. The standard InChI is InChI=1S/C14H15Cl2NO/c1-9-3-2-4-10(14(9)18)8-17-13-6-11(15)5-12(16)7-13/h5-9,17H,2-4H2,1H3/b10-8-/t9-/m0/s1. The smallest absolute Gasteiger partial charge is 0.163 e. The van der Waals surface area contributed by atoms with Crippen molar-refractivity contribution in [1.29, 1.82) is 0 Å². The highest BCUT2D eigenvalue weighted by atomic mass is 35.5. The molecule has 1 aromatic carbocycles. The largest absolute Gasteiger partial charge is 0.361 e. The van der Waals surface area contributed by atoms with E-state index in [-0.39, 0.29) is 11.7 Å². The number of Topliss-reactive ketones (excluding diaryl/α,β-unsaturated/α-hetero) is 1. The van der Waals surface area contributed by atoms with E-state index in [2.05, 4.69) is 5.32 Å². The normalized spacial score (nSPS) is 22.3. The lowest BCUT2D eigenvalue weighted by atomic mass is 9.86. The maximum atomic E-state index is 11.9. The molecule has 96 valence electrons. The Hall–Kier alpha value is -0.990. The number of anilines is 1. The van der Waals surface area contributed by atoms with Crippen LogP contribution in [-0.2, 0) is 4.79 Å². The quantitative estimate of drug-likeness (QED) is 0.799. The monoisotopic (exact) mass is 283 g/mol. The third kappa shape index (κ3) is 3.27. The van der Waals surface area contributed by atoms with Crippen LogP contribution >= 0.6 is 23.2 Å². The minimum absolute atomic E-state index is 0.134. The molecule has 0 saturated heterocycles. The summed E-state index contributed by atoms with van der Waals surface area (Å²) in [5.74, 6) is 0.372. The zero-order valence-electron chi connectivity index (χ0n) is 10.2. The number of hydrogen-bond donors (Lipinski definition) is 1. The summed E-state index contributed by atoms with van der Waals surface area (Å²) in [5, 5.41) is 4.25. The van der Waals surface area contributed by atoms with Crippen LogP contribution in [-0.4, -0.2) is 5.78 Å². The third-order valence-corrected chi connectivity index (χ3v) is 3.56. The van der Waals surface area contributed by atoms with Gasteiger partial charge in [0.2, 0.25) is 0 Å². The first kappa shape index (κ1) is 13.4. The summed E-state index contributed by atoms with van der Waals surface area (Å²) in [4.78, 5) is 11.9. The third-order valence-electron chi connectivity index (χ3n) is 3.12. The average Bonchev–Trinajstić information content (AvgIpc) is 2.30. The summed E-state index contributed by atoms with van der Waals surface area (Å²) in [7, 11) is 0. The van der Waals surface area contributed by atoms with Gasteiger partial charge < -0.3 is 5.32 Å². The minimum atomic E-state index is 0.134. The lowest BCUT2D eigenvalue weighted by Crippen LogP contribution is -2.19. The van der Waals surface area contributed by atoms with Crippen molar-refractivity contribution >= 4 is 34.7 Å². The number of allylic oxidation sites excluding steroid dienone is 1. The molecule has 18 heavy (non-hydrogen) atoms. The molecule has 1 fully saturated rings. The summed E-state index contributed by atoms with van der Waals surface area (Å²) in [6.45, 7) is 1.98. The Bertz CT molecular complexity index is 476. The predicted molar refractivity (Wildman–Crippen MR) is 76.2 cm³/mol. The molecular weight excluding hydrogens is 269 g/mol. The molecule has 1 aliphatic carbocycles. The lowest BCUT2D eigenvalue weighted by Gasteiger charge is -2.19. The second kappa shape index (κ2) is 5.77. The first-order valence-electron chi connectivity index (χ1n) is 6.02. The van der Waals surface area contributed by atoms with Gasteiger partial charge in [-0.2, -0.15) is 0 Å². The van der Waals surface area contributed by atoms with Crippen LogP contribution in [0.5, 0.6) is 0 Å². The molecular formula is C14H15Cl2NO. The van der Waals surface area contributed by atoms with E-state index in [1.807, 2.05) is 6.92 Å². The maximum Gasteiger partial charge on any atom is 0.163 e. The molecule has 0 bridgehead atoms. The summed E-state index contributed by atoms with van der Waals surface area (Å²) in [6.07, 6.45) is 4.67. The van der Waals surface area contributed by atoms with E-state index in [4.69, 9.17) is 23.2 Å². The molecule has 0 unspecified atom stereocenters. The van der Waals surface area contributed by atoms with Crippen molar-refractivity contribution in [3.8, 4) is 0 Å². The van der Waals surface area contributed by atoms with Crippen molar-refractivity contribution in [1.82, 2.24) is 0 Å². The Kier molecular flexibility index (Phi) is 4.31. The van der Waals surface area contributed by atoms with Crippen LogP contribution in [0.15, 0.2) is 30.0 Å². The van der Waals surface area contributed by atoms with Crippen LogP contribution in [0.4, 0.5) is 5.69 Å². The Morgan fingerprint density at radius 2 is 1.94 bits per heavy atom. The Morgan fingerprint density at radius 3 is 2.61 bits per heavy atom. The number of rotatable bonds is 2. The van der Waals surface area contributed by atoms with Crippen molar-refractivity contribution < 1.29 is 4.79 Å². The molecule has 0 radical (unpaired) electrons. The summed E-state index contributed by atoms with van der Waals surface area (Å²) in [6, 6.07) is 5.23. The maximum absolute atomic E-state index is 11.9. The number of carbonyl (C=O) groups excluding carboxylic acids is 1. The number of benzene rings is 1. The molecule has 1 aromatic rings. The fourth-order valence-corrected chi connectivity index (χ4v) is 2.65. The molecule has 0 aromatic heterocycles. The van der Waals surface area contributed by atoms with Crippen LogP contribution < -0.4 is 5.32 Å². The van der Waals surface area contributed by atoms with E-state index in [1.165, 1.54) is 0 Å². The van der Waals surface area contributed by atoms with Crippen molar-refractivity contribution in [3.05, 3.63) is 40.0 Å². The van der Waals surface area contributed by atoms with E-state index in [0.29, 0.717) is 10.0 Å². The van der Waals surface area contributed by atoms with Gasteiger partial charge in [-0.1, -0.05) is 30.1 Å². The van der Waals surface area contributed by atoms with Crippen LogP contribution in [0.2, 0.25) is 10.0 Å². The highest BCUT2D eigenvalue weighted by Gasteiger charge is 2.22. The van der Waals surface area contributed by atoms with Gasteiger partial charge in [0.1, 0.15) is 0 Å². The molecule has 2 nitrogen and oxygen atoms in total. The van der Waals surface area contributed by atoms with E-state index >= 15 is 0 Å². The fourth-order valence-electron chi connectivity index (χ4n) is 2.12. The summed E-state index contributed by atoms with van der Waals surface area (Å²) in [5.41, 5.74) is 1.65. The zero-order valence-corrected chi connectivity index (χ0v) is 11.7. The molecule has 2 rings (SSSR count). The van der Waals surface area contributed by atoms with Crippen molar-refractivity contribution in [2.24, 2.45) is 5.92 Å². The predicted octanol–water partition coefficient (Wildman–Crippen LogP) is 4.68. The number of ketones is 1. The molecule has 1 N–H and O–H groups in total. The van der Waals surface area contributed by atoms with Gasteiger partial charge in [-0.15, -0.1) is 0 Å². The fraction of sp³-hybridized carbons (Fsp3) is 0.357. The van der Waals surface area contributed by atoms with Gasteiger partial charge >= 0.3 is 0 Å². The summed E-state index contributed by atoms with van der Waals surface area (Å²) < 4.78 is 0. The minimum Gasteiger partial charge on any atom is -0.361 e. The van der Waals surface area contributed by atoms with E-state index in [9.17, 15) is 4.79 Å². The van der Waals surface area contributed by atoms with Gasteiger partial charge in [0.15, 0.2) is 5.78 Å². The number of hydrogen-bond acceptors (Lipinski definition) is 2. The van der Waals surface area contributed by atoms with E-state index in [0.717, 1.165) is 30.5 Å². The number of nitrogens with one attached hydrogen (secondary N) is 1. The lowest BCUT2D eigenvalue weighted by molar-refractivity contribution is -0.119. The van der Waals surface area contributed by atoms with Gasteiger partial charge in [0.25, 0.3) is 0 Å². The van der Waals surface area contributed by atoms with Gasteiger partial charge in [0, 0.05) is 33.4 Å². The van der Waals surface area contributed by atoms with Crippen LogP contribution in [0, 0.1) is 5.92 Å². The SMILES string of the molecule is C[C@H]1CCC/C(=C/Nc2cc(Cl)cc(Cl)c2)C1=O. The van der Waals surface area contributed by atoms with Gasteiger partial charge in [-0.3, -0.25) is 4.79 Å². The molecule has 0 heterocycles. The van der Waals surface area contributed by atoms with Crippen LogP contribution in [0.1, 0.15) is 26.2 Å². The highest BCUT2D eigenvalue weighted by Crippen LogP contribution is 2.26. The molecule has 4 heteroatoms. The first-order chi connectivity index (χ1) is 8.56. The van der Waals surface area contributed by atoms with E-state index < -0.39 is 0 Å². The second-order valence-corrected chi connectivity index (χ2v) is 5.50. The molecule has 1 atom stereocenters. The number of carbonyl (C=O) groups is 1. The van der Waals surface area contributed by atoms with Crippen LogP contribution in [0.3, 0.4) is 0 Å². The highest BCUT2D eigenvalue weighted by molar-refractivity contribution is 6.35. The molecule has 0 spiro atoms. The number of halogens is 2. The van der Waals surface area contributed by atoms with Gasteiger partial charge in [-0.25, -0.2) is 0 Å². The van der Waals surface area contributed by atoms with Crippen LogP contribution in [0.25, 0.3) is 0 Å².